The largest absolute Gasteiger partial charge is 0.393 e. The van der Waals surface area contributed by atoms with E-state index in [9.17, 15) is 5.11 Å². The van der Waals surface area contributed by atoms with Gasteiger partial charge in [-0.2, -0.15) is 0 Å². The van der Waals surface area contributed by atoms with Gasteiger partial charge in [-0.3, -0.25) is 0 Å². The number of aliphatic hydroxyl groups is 1. The molecule has 0 amide bonds. The Morgan fingerprint density at radius 2 is 1.95 bits per heavy atom. The van der Waals surface area contributed by atoms with Crippen LogP contribution in [0.25, 0.3) is 10.9 Å². The van der Waals surface area contributed by atoms with E-state index in [1.807, 2.05) is 6.92 Å². The summed E-state index contributed by atoms with van der Waals surface area (Å²) in [6, 6.07) is 9.27. The average molecular weight is 257 g/mol. The third-order valence-corrected chi connectivity index (χ3v) is 4.31. The average Bonchev–Trinajstić information content (AvgIpc) is 2.78. The molecule has 1 heterocycles. The summed E-state index contributed by atoms with van der Waals surface area (Å²) in [7, 11) is 0. The maximum Gasteiger partial charge on any atom is 0.0553 e. The van der Waals surface area contributed by atoms with E-state index in [2.05, 4.69) is 35.0 Å². The van der Waals surface area contributed by atoms with E-state index in [0.717, 1.165) is 6.42 Å². The van der Waals surface area contributed by atoms with Crippen molar-refractivity contribution in [2.45, 2.75) is 57.6 Å². The third kappa shape index (κ3) is 2.55. The van der Waals surface area contributed by atoms with Crippen molar-refractivity contribution in [3.8, 4) is 0 Å². The second-order valence-electron chi connectivity index (χ2n) is 5.92. The van der Waals surface area contributed by atoms with Crippen LogP contribution in [0.15, 0.2) is 30.5 Å². The van der Waals surface area contributed by atoms with Crippen LogP contribution in [0.3, 0.4) is 0 Å². The molecule has 1 N–H and O–H groups in total. The summed E-state index contributed by atoms with van der Waals surface area (Å²) < 4.78 is 2.46. The van der Waals surface area contributed by atoms with Gasteiger partial charge in [-0.05, 0) is 31.4 Å². The third-order valence-electron chi connectivity index (χ3n) is 4.31. The molecule has 0 radical (unpaired) electrons. The summed E-state index contributed by atoms with van der Waals surface area (Å²) in [5.41, 5.74) is 2.63. The summed E-state index contributed by atoms with van der Waals surface area (Å²) in [5.74, 6) is 0. The first kappa shape index (κ1) is 12.7. The Bertz CT molecular complexity index is 549. The summed E-state index contributed by atoms with van der Waals surface area (Å²) in [6.45, 7) is 1.87. The number of rotatable bonds is 3. The highest BCUT2D eigenvalue weighted by Crippen LogP contribution is 2.33. The molecule has 102 valence electrons. The summed E-state index contributed by atoms with van der Waals surface area (Å²) in [5, 5.41) is 11.0. The maximum absolute atomic E-state index is 9.68. The van der Waals surface area contributed by atoms with Gasteiger partial charge in [0.25, 0.3) is 0 Å². The van der Waals surface area contributed by atoms with Gasteiger partial charge in [-0.25, -0.2) is 0 Å². The first-order valence-electron chi connectivity index (χ1n) is 7.52. The Morgan fingerprint density at radius 1 is 1.21 bits per heavy atom. The first-order valence-corrected chi connectivity index (χ1v) is 7.52. The fourth-order valence-corrected chi connectivity index (χ4v) is 3.42. The molecule has 0 spiro atoms. The molecule has 2 heteroatoms. The standard InChI is InChI=1S/C17H23NO/c1-13(19)11-14-12-18(15-7-3-2-4-8-15)17-10-6-5-9-16(14)17/h5-6,9-10,12-13,15,19H,2-4,7-8,11H2,1H3. The lowest BCUT2D eigenvalue weighted by molar-refractivity contribution is 0.195. The molecular weight excluding hydrogens is 234 g/mol. The molecule has 2 nitrogen and oxygen atoms in total. The van der Waals surface area contributed by atoms with E-state index in [0.29, 0.717) is 6.04 Å². The molecule has 19 heavy (non-hydrogen) atoms. The zero-order chi connectivity index (χ0) is 13.2. The lowest BCUT2D eigenvalue weighted by Gasteiger charge is -2.24. The summed E-state index contributed by atoms with van der Waals surface area (Å²) >= 11 is 0. The molecule has 1 saturated carbocycles. The Morgan fingerprint density at radius 3 is 2.68 bits per heavy atom. The Kier molecular flexibility index (Phi) is 3.61. The van der Waals surface area contributed by atoms with Gasteiger partial charge in [-0.1, -0.05) is 37.5 Å². The summed E-state index contributed by atoms with van der Waals surface area (Å²) in [4.78, 5) is 0. The molecular formula is C17H23NO. The maximum atomic E-state index is 9.68. The summed E-state index contributed by atoms with van der Waals surface area (Å²) in [6.07, 6.45) is 9.44. The SMILES string of the molecule is CC(O)Cc1cn(C2CCCCC2)c2ccccc12. The highest BCUT2D eigenvalue weighted by molar-refractivity contribution is 5.84. The van der Waals surface area contributed by atoms with Crippen LogP contribution in [0.2, 0.25) is 0 Å². The van der Waals surface area contributed by atoms with Crippen molar-refractivity contribution in [2.75, 3.05) is 0 Å². The van der Waals surface area contributed by atoms with Crippen molar-refractivity contribution in [2.24, 2.45) is 0 Å². The first-order chi connectivity index (χ1) is 9.25. The number of para-hydroxylation sites is 1. The molecule has 1 aromatic heterocycles. The normalized spacial score (nSPS) is 18.8. The fourth-order valence-electron chi connectivity index (χ4n) is 3.42. The van der Waals surface area contributed by atoms with E-state index >= 15 is 0 Å². The van der Waals surface area contributed by atoms with Gasteiger partial charge in [0.15, 0.2) is 0 Å². The van der Waals surface area contributed by atoms with Gasteiger partial charge < -0.3 is 9.67 Å². The van der Waals surface area contributed by atoms with E-state index in [1.165, 1.54) is 48.6 Å². The van der Waals surface area contributed by atoms with Crippen molar-refractivity contribution < 1.29 is 5.11 Å². The van der Waals surface area contributed by atoms with Gasteiger partial charge in [0, 0.05) is 29.6 Å². The molecule has 2 aromatic rings. The van der Waals surface area contributed by atoms with Crippen LogP contribution in [0.4, 0.5) is 0 Å². The zero-order valence-electron chi connectivity index (χ0n) is 11.7. The molecule has 1 aliphatic carbocycles. The van der Waals surface area contributed by atoms with Crippen molar-refractivity contribution in [1.82, 2.24) is 4.57 Å². The van der Waals surface area contributed by atoms with Gasteiger partial charge in [0.05, 0.1) is 6.10 Å². The molecule has 3 rings (SSSR count). The number of hydrogen-bond donors (Lipinski definition) is 1. The van der Waals surface area contributed by atoms with Crippen LogP contribution in [0, 0.1) is 0 Å². The number of fused-ring (bicyclic) bond motifs is 1. The van der Waals surface area contributed by atoms with Crippen LogP contribution >= 0.6 is 0 Å². The minimum Gasteiger partial charge on any atom is -0.393 e. The molecule has 1 atom stereocenters. The van der Waals surface area contributed by atoms with E-state index in [-0.39, 0.29) is 6.10 Å². The van der Waals surface area contributed by atoms with Crippen molar-refractivity contribution in [3.63, 3.8) is 0 Å². The predicted molar refractivity (Wildman–Crippen MR) is 79.4 cm³/mol. The van der Waals surface area contributed by atoms with Crippen LogP contribution < -0.4 is 0 Å². The highest BCUT2D eigenvalue weighted by Gasteiger charge is 2.18. The van der Waals surface area contributed by atoms with E-state index in [4.69, 9.17) is 0 Å². The molecule has 1 fully saturated rings. The second kappa shape index (κ2) is 5.38. The smallest absolute Gasteiger partial charge is 0.0553 e. The second-order valence-corrected chi connectivity index (χ2v) is 5.92. The minimum absolute atomic E-state index is 0.273. The number of nitrogens with zero attached hydrogens (tertiary/aromatic N) is 1. The molecule has 0 saturated heterocycles. The topological polar surface area (TPSA) is 25.2 Å². The highest BCUT2D eigenvalue weighted by atomic mass is 16.3. The predicted octanol–water partition coefficient (Wildman–Crippen LogP) is 4.07. The van der Waals surface area contributed by atoms with Crippen LogP contribution in [-0.4, -0.2) is 15.8 Å². The monoisotopic (exact) mass is 257 g/mol. The number of aromatic nitrogens is 1. The molecule has 1 aliphatic rings. The lowest BCUT2D eigenvalue weighted by Crippen LogP contribution is -2.11. The number of hydrogen-bond acceptors (Lipinski definition) is 1. The van der Waals surface area contributed by atoms with Crippen LogP contribution in [0.1, 0.15) is 50.6 Å². The van der Waals surface area contributed by atoms with Crippen LogP contribution in [0.5, 0.6) is 0 Å². The minimum atomic E-state index is -0.273. The molecule has 0 aliphatic heterocycles. The quantitative estimate of drug-likeness (QED) is 0.881. The number of benzene rings is 1. The van der Waals surface area contributed by atoms with Crippen LogP contribution in [-0.2, 0) is 6.42 Å². The molecule has 1 aromatic carbocycles. The van der Waals surface area contributed by atoms with Gasteiger partial charge >= 0.3 is 0 Å². The lowest BCUT2D eigenvalue weighted by atomic mass is 9.95. The number of aliphatic hydroxyl groups excluding tert-OH is 1. The Labute approximate surface area is 115 Å². The van der Waals surface area contributed by atoms with Gasteiger partial charge in [-0.15, -0.1) is 0 Å². The molecule has 0 bridgehead atoms. The van der Waals surface area contributed by atoms with Gasteiger partial charge in [0.1, 0.15) is 0 Å². The Hall–Kier alpha value is -1.28. The van der Waals surface area contributed by atoms with Crippen molar-refractivity contribution >= 4 is 10.9 Å². The van der Waals surface area contributed by atoms with Crippen molar-refractivity contribution in [1.29, 1.82) is 0 Å². The fraction of sp³-hybridized carbons (Fsp3) is 0.529. The van der Waals surface area contributed by atoms with E-state index in [1.54, 1.807) is 0 Å². The van der Waals surface area contributed by atoms with Gasteiger partial charge in [0.2, 0.25) is 0 Å². The zero-order valence-corrected chi connectivity index (χ0v) is 11.7. The van der Waals surface area contributed by atoms with E-state index < -0.39 is 0 Å². The molecule has 1 unspecified atom stereocenters. The van der Waals surface area contributed by atoms with Crippen molar-refractivity contribution in [3.05, 3.63) is 36.0 Å². The Balaban J connectivity index is 2.03.